The average Bonchev–Trinajstić information content (AvgIpc) is 2.35. The molecule has 24 heavy (non-hydrogen) atoms. The Morgan fingerprint density at radius 1 is 0.833 bits per heavy atom. The summed E-state index contributed by atoms with van der Waals surface area (Å²) in [6.07, 6.45) is -4.28. The molecule has 0 aromatic heterocycles. The van der Waals surface area contributed by atoms with Crippen LogP contribution in [0.15, 0.2) is 0 Å². The summed E-state index contributed by atoms with van der Waals surface area (Å²) in [5.41, 5.74) is 0. The van der Waals surface area contributed by atoms with Crippen molar-refractivity contribution in [2.45, 2.75) is 12.2 Å². The molecule has 0 aliphatic heterocycles. The minimum Gasteiger partial charge on any atom is -0.709 e. The standard InChI is InChI=1S/C4H8N2O12S4.2Na/c7-5(8)15-3(1-21(13,19)17-11)4(16-6(9)10)2-22(14,20)18-12;;/h3-4,11-12H,1-2H2;;/q;2*+1/p-2. The molecule has 0 aromatic carbocycles. The van der Waals surface area contributed by atoms with Crippen molar-refractivity contribution in [2.75, 3.05) is 11.5 Å². The van der Waals surface area contributed by atoms with Gasteiger partial charge in [-0.05, 0) is 0 Å². The molecule has 0 amide bonds. The molecule has 130 valence electrons. The Hall–Kier alpha value is 0.980. The molecule has 4 atom stereocenters. The van der Waals surface area contributed by atoms with Gasteiger partial charge in [0.2, 0.25) is 0 Å². The van der Waals surface area contributed by atoms with Crippen LogP contribution in [0.2, 0.25) is 0 Å². The summed E-state index contributed by atoms with van der Waals surface area (Å²) in [7, 11) is -8.21. The molecule has 4 unspecified atom stereocenters. The third-order valence-corrected chi connectivity index (χ3v) is 4.84. The number of hydrogen-bond acceptors (Lipinski definition) is 14. The van der Waals surface area contributed by atoms with E-state index >= 15 is 0 Å². The van der Waals surface area contributed by atoms with E-state index in [-0.39, 0.29) is 59.1 Å². The van der Waals surface area contributed by atoms with Crippen molar-refractivity contribution < 1.29 is 107 Å². The summed E-state index contributed by atoms with van der Waals surface area (Å²) in [5, 5.41) is 38.0. The summed E-state index contributed by atoms with van der Waals surface area (Å²) >= 11 is 8.30. The van der Waals surface area contributed by atoms with E-state index in [0.29, 0.717) is 0 Å². The predicted molar refractivity (Wildman–Crippen MR) is 66.7 cm³/mol. The van der Waals surface area contributed by atoms with E-state index in [1.54, 1.807) is 0 Å². The fraction of sp³-hybridized carbons (Fsp3) is 1.00. The molecule has 0 aliphatic rings. The van der Waals surface area contributed by atoms with E-state index in [1.807, 2.05) is 0 Å². The monoisotopic (exact) mass is 448 g/mol. The Morgan fingerprint density at radius 3 is 1.25 bits per heavy atom. The summed E-state index contributed by atoms with van der Waals surface area (Å²) < 4.78 is 28.9. The van der Waals surface area contributed by atoms with Gasteiger partial charge in [0, 0.05) is 22.4 Å². The van der Waals surface area contributed by atoms with Crippen LogP contribution in [-0.4, -0.2) is 42.3 Å². The van der Waals surface area contributed by atoms with Crippen LogP contribution in [0.4, 0.5) is 0 Å². The van der Waals surface area contributed by atoms with Gasteiger partial charge < -0.3 is 28.9 Å². The summed E-state index contributed by atoms with van der Waals surface area (Å²) in [6, 6.07) is 0. The molecule has 14 nitrogen and oxygen atoms in total. The molecule has 0 N–H and O–H groups in total. The van der Waals surface area contributed by atoms with Crippen LogP contribution in [0.5, 0.6) is 0 Å². The van der Waals surface area contributed by atoms with E-state index in [2.05, 4.69) is 40.7 Å². The Bertz CT molecular complexity index is 555. The van der Waals surface area contributed by atoms with Gasteiger partial charge in [-0.25, -0.2) is 8.42 Å². The van der Waals surface area contributed by atoms with Gasteiger partial charge in [-0.15, -0.1) is 20.2 Å². The molecule has 0 saturated heterocycles. The van der Waals surface area contributed by atoms with Crippen molar-refractivity contribution in [3.05, 3.63) is 20.2 Å². The largest absolute Gasteiger partial charge is 1.00 e. The maximum atomic E-state index is 11.3. The minimum absolute atomic E-state index is 0. The van der Waals surface area contributed by atoms with Crippen LogP contribution in [0.25, 0.3) is 0 Å². The smallest absolute Gasteiger partial charge is 0.709 e. The van der Waals surface area contributed by atoms with E-state index in [9.17, 15) is 39.2 Å². The Kier molecular flexibility index (Phi) is 16.3. The van der Waals surface area contributed by atoms with Gasteiger partial charge in [-0.3, -0.25) is 0 Å². The molecule has 0 fully saturated rings. The second kappa shape index (κ2) is 13.2. The zero-order valence-corrected chi connectivity index (χ0v) is 19.3. The first-order valence-electron chi connectivity index (χ1n) is 4.63. The van der Waals surface area contributed by atoms with Crippen molar-refractivity contribution in [1.29, 1.82) is 0 Å². The van der Waals surface area contributed by atoms with Crippen molar-refractivity contribution in [3.63, 3.8) is 0 Å². The molecular formula is C4H6N2Na2O12S4. The van der Waals surface area contributed by atoms with Crippen LogP contribution in [0, 0.1) is 20.2 Å². The summed E-state index contributed by atoms with van der Waals surface area (Å²) in [6.45, 7) is 0. The molecule has 0 bridgehead atoms. The zero-order valence-electron chi connectivity index (χ0n) is 12.0. The summed E-state index contributed by atoms with van der Waals surface area (Å²) in [5.74, 6) is -2.43. The molecule has 0 rings (SSSR count). The normalized spacial score (nSPS) is 17.6. The molecule has 20 heteroatoms. The second-order valence-electron chi connectivity index (χ2n) is 3.32. The maximum absolute atomic E-state index is 11.3. The van der Waals surface area contributed by atoms with E-state index in [1.165, 1.54) is 0 Å². The first kappa shape index (κ1) is 29.7. The molecule has 0 heterocycles. The minimum atomic E-state index is -4.11. The number of hydrogen-bond donors (Lipinski definition) is 0. The molecule has 0 aliphatic carbocycles. The molecular weight excluding hydrogens is 442 g/mol. The molecule has 0 aromatic rings. The van der Waals surface area contributed by atoms with Crippen LogP contribution in [0.1, 0.15) is 0 Å². The Labute approximate surface area is 188 Å². The van der Waals surface area contributed by atoms with E-state index < -0.39 is 51.4 Å². The van der Waals surface area contributed by atoms with Crippen LogP contribution >= 0.6 is 0 Å². The van der Waals surface area contributed by atoms with Gasteiger partial charge in [0.15, 0.2) is 0 Å². The van der Waals surface area contributed by atoms with Gasteiger partial charge in [0.25, 0.3) is 10.2 Å². The summed E-state index contributed by atoms with van der Waals surface area (Å²) in [4.78, 5) is 28.5. The van der Waals surface area contributed by atoms with Gasteiger partial charge in [0.1, 0.15) is 29.8 Å². The number of rotatable bonds is 11. The van der Waals surface area contributed by atoms with Crippen molar-refractivity contribution in [2.24, 2.45) is 0 Å². The van der Waals surface area contributed by atoms with Crippen molar-refractivity contribution in [3.8, 4) is 0 Å². The Morgan fingerprint density at radius 2 is 1.08 bits per heavy atom. The number of nitrogens with zero attached hydrogens (tertiary/aromatic N) is 2. The average molecular weight is 448 g/mol. The van der Waals surface area contributed by atoms with Crippen molar-refractivity contribution >= 4 is 39.9 Å². The van der Waals surface area contributed by atoms with Gasteiger partial charge >= 0.3 is 59.1 Å². The molecule has 0 saturated carbocycles. The predicted octanol–water partition coefficient (Wildman–Crippen LogP) is -9.95. The first-order chi connectivity index (χ1) is 9.92. The zero-order chi connectivity index (χ0) is 17.6. The topological polar surface area (TPSA) is 203 Å². The maximum Gasteiger partial charge on any atom is 1.00 e. The first-order valence-corrected chi connectivity index (χ1v) is 9.78. The van der Waals surface area contributed by atoms with Crippen LogP contribution < -0.4 is 69.6 Å². The van der Waals surface area contributed by atoms with E-state index in [0.717, 1.165) is 0 Å². The fourth-order valence-electron chi connectivity index (χ4n) is 1.09. The van der Waals surface area contributed by atoms with Gasteiger partial charge in [-0.2, -0.15) is 0 Å². The van der Waals surface area contributed by atoms with Crippen LogP contribution in [-0.2, 0) is 58.3 Å². The Balaban J connectivity index is -0.00000220. The van der Waals surface area contributed by atoms with Crippen molar-refractivity contribution in [1.82, 2.24) is 0 Å². The second-order valence-corrected chi connectivity index (χ2v) is 9.54. The SMILES string of the molecule is O=[N+]([O-])OC(CS(=O)(=S)O[O-])C(CS(=O)(=S)O[O-])O[N+](=O)[O-].[Na+].[Na+]. The van der Waals surface area contributed by atoms with Crippen LogP contribution in [0.3, 0.4) is 0 Å². The quantitative estimate of drug-likeness (QED) is 0.125. The van der Waals surface area contributed by atoms with Gasteiger partial charge in [-0.1, -0.05) is 0 Å². The third-order valence-electron chi connectivity index (χ3n) is 1.80. The fourth-order valence-corrected chi connectivity index (χ4v) is 3.36. The molecule has 0 radical (unpaired) electrons. The van der Waals surface area contributed by atoms with E-state index in [4.69, 9.17) is 0 Å². The third kappa shape index (κ3) is 13.2. The molecule has 0 spiro atoms. The van der Waals surface area contributed by atoms with Gasteiger partial charge in [0.05, 0.1) is 11.5 Å².